The minimum absolute atomic E-state index is 0.176. The van der Waals surface area contributed by atoms with Gasteiger partial charge in [-0.25, -0.2) is 9.79 Å². The number of methoxy groups -OCH3 is 1. The van der Waals surface area contributed by atoms with Gasteiger partial charge in [0.25, 0.3) is 5.91 Å². The van der Waals surface area contributed by atoms with Gasteiger partial charge in [-0.2, -0.15) is 0 Å². The normalized spacial score (nSPS) is 15.5. The Morgan fingerprint density at radius 1 is 1.22 bits per heavy atom. The Morgan fingerprint density at radius 3 is 2.62 bits per heavy atom. The van der Waals surface area contributed by atoms with E-state index in [-0.39, 0.29) is 11.5 Å². The van der Waals surface area contributed by atoms with Crippen molar-refractivity contribution in [1.82, 2.24) is 4.90 Å². The maximum absolute atomic E-state index is 13.0. The molecular formula is C27H22ClIN2O5S. The van der Waals surface area contributed by atoms with Crippen LogP contribution in [0.1, 0.15) is 27.0 Å². The van der Waals surface area contributed by atoms with E-state index in [0.717, 1.165) is 14.7 Å². The lowest BCUT2D eigenvalue weighted by Crippen LogP contribution is -2.23. The van der Waals surface area contributed by atoms with Crippen molar-refractivity contribution in [3.63, 3.8) is 0 Å². The Hall–Kier alpha value is -3.02. The molecule has 0 aliphatic carbocycles. The standard InChI is InChI=1S/C27H22ClIN2O5S/c1-15-19(26(33)34)5-4-6-21(15)30-27-31(2)25(32)23(37-27)13-17-11-20(29)24(22(12-17)35-3)36-14-16-7-9-18(28)10-8-16/h4-13H,14H2,1-3H3,(H,33,34)/b23-13+,30-27?. The molecule has 0 atom stereocenters. The first kappa shape index (κ1) is 27.0. The molecule has 1 fully saturated rings. The third kappa shape index (κ3) is 6.11. The minimum atomic E-state index is -1.02. The van der Waals surface area contributed by atoms with Crippen LogP contribution in [0, 0.1) is 10.5 Å². The van der Waals surface area contributed by atoms with Crippen molar-refractivity contribution in [1.29, 1.82) is 0 Å². The number of rotatable bonds is 7. The number of likely N-dealkylation sites (N-methyl/N-ethyl adjacent to an activating group) is 1. The number of carboxylic acid groups (broad SMARTS) is 1. The quantitative estimate of drug-likeness (QED) is 0.225. The van der Waals surface area contributed by atoms with Crippen LogP contribution in [0.5, 0.6) is 11.5 Å². The summed E-state index contributed by atoms with van der Waals surface area (Å²) >= 11 is 9.36. The predicted molar refractivity (Wildman–Crippen MR) is 155 cm³/mol. The van der Waals surface area contributed by atoms with Gasteiger partial charge < -0.3 is 14.6 Å². The Bertz CT molecular complexity index is 1440. The lowest BCUT2D eigenvalue weighted by Gasteiger charge is -2.14. The summed E-state index contributed by atoms with van der Waals surface area (Å²) in [4.78, 5) is 30.9. The van der Waals surface area contributed by atoms with E-state index in [1.807, 2.05) is 36.4 Å². The second-order valence-corrected chi connectivity index (χ2v) is 10.7. The Morgan fingerprint density at radius 2 is 1.95 bits per heavy atom. The zero-order valence-electron chi connectivity index (χ0n) is 20.1. The fourth-order valence-electron chi connectivity index (χ4n) is 3.58. The number of nitrogens with zero attached hydrogens (tertiary/aromatic N) is 2. The number of hydrogen-bond donors (Lipinski definition) is 1. The van der Waals surface area contributed by atoms with Gasteiger partial charge in [0, 0.05) is 12.1 Å². The van der Waals surface area contributed by atoms with Crippen LogP contribution in [0.4, 0.5) is 5.69 Å². The largest absolute Gasteiger partial charge is 0.493 e. The highest BCUT2D eigenvalue weighted by Gasteiger charge is 2.31. The average Bonchev–Trinajstić information content (AvgIpc) is 3.12. The topological polar surface area (TPSA) is 88.4 Å². The maximum atomic E-state index is 13.0. The molecule has 3 aromatic rings. The highest BCUT2D eigenvalue weighted by molar-refractivity contribution is 14.1. The summed E-state index contributed by atoms with van der Waals surface area (Å²) < 4.78 is 12.4. The molecule has 1 saturated heterocycles. The Labute approximate surface area is 237 Å². The molecule has 190 valence electrons. The van der Waals surface area contributed by atoms with Crippen LogP contribution in [0.2, 0.25) is 5.02 Å². The summed E-state index contributed by atoms with van der Waals surface area (Å²) in [6.07, 6.45) is 1.78. The molecule has 0 spiro atoms. The van der Waals surface area contributed by atoms with Crippen molar-refractivity contribution >= 4 is 74.8 Å². The number of amidine groups is 1. The SMILES string of the molecule is COc1cc(/C=C2/SC(=Nc3cccc(C(=O)O)c3C)N(C)C2=O)cc(I)c1OCc1ccc(Cl)cc1. The van der Waals surface area contributed by atoms with E-state index in [4.69, 9.17) is 21.1 Å². The molecule has 0 radical (unpaired) electrons. The molecule has 1 amide bonds. The van der Waals surface area contributed by atoms with Crippen molar-refractivity contribution in [2.75, 3.05) is 14.2 Å². The fraction of sp³-hybridized carbons (Fsp3) is 0.148. The molecule has 10 heteroatoms. The molecule has 3 aromatic carbocycles. The summed E-state index contributed by atoms with van der Waals surface area (Å²) in [6, 6.07) is 16.0. The zero-order valence-corrected chi connectivity index (χ0v) is 23.8. The van der Waals surface area contributed by atoms with Crippen molar-refractivity contribution in [2.45, 2.75) is 13.5 Å². The van der Waals surface area contributed by atoms with Crippen LogP contribution in [0.3, 0.4) is 0 Å². The summed E-state index contributed by atoms with van der Waals surface area (Å²) in [5.74, 6) is -0.0640. The minimum Gasteiger partial charge on any atom is -0.493 e. The van der Waals surface area contributed by atoms with E-state index in [1.165, 1.54) is 22.7 Å². The van der Waals surface area contributed by atoms with Crippen LogP contribution >= 0.6 is 46.0 Å². The molecule has 1 aliphatic heterocycles. The first-order chi connectivity index (χ1) is 17.7. The molecule has 7 nitrogen and oxygen atoms in total. The number of thioether (sulfide) groups is 1. The second kappa shape index (κ2) is 11.6. The lowest BCUT2D eigenvalue weighted by molar-refractivity contribution is -0.121. The van der Waals surface area contributed by atoms with Crippen molar-refractivity contribution in [2.24, 2.45) is 4.99 Å². The van der Waals surface area contributed by atoms with E-state index in [0.29, 0.717) is 44.5 Å². The third-order valence-corrected chi connectivity index (χ3v) is 7.71. The number of carbonyl (C=O) groups is 2. The molecule has 37 heavy (non-hydrogen) atoms. The maximum Gasteiger partial charge on any atom is 0.336 e. The Balaban J connectivity index is 1.59. The van der Waals surface area contributed by atoms with Gasteiger partial charge in [-0.15, -0.1) is 0 Å². The molecule has 1 N–H and O–H groups in total. The number of amides is 1. The summed E-state index contributed by atoms with van der Waals surface area (Å²) in [6.45, 7) is 2.05. The molecule has 0 saturated carbocycles. The van der Waals surface area contributed by atoms with Gasteiger partial charge in [-0.3, -0.25) is 9.69 Å². The number of ether oxygens (including phenoxy) is 2. The molecule has 4 rings (SSSR count). The molecule has 0 aromatic heterocycles. The monoisotopic (exact) mass is 648 g/mol. The van der Waals surface area contributed by atoms with Gasteiger partial charge in [0.15, 0.2) is 16.7 Å². The van der Waals surface area contributed by atoms with Gasteiger partial charge in [-0.1, -0.05) is 29.8 Å². The molecule has 1 heterocycles. The number of carboxylic acids is 1. The molecule has 0 unspecified atom stereocenters. The lowest BCUT2D eigenvalue weighted by atomic mass is 10.1. The molecule has 1 aliphatic rings. The zero-order chi connectivity index (χ0) is 26.7. The summed E-state index contributed by atoms with van der Waals surface area (Å²) in [5, 5.41) is 10.5. The van der Waals surface area contributed by atoms with E-state index in [9.17, 15) is 14.7 Å². The van der Waals surface area contributed by atoms with Crippen LogP contribution in [0.25, 0.3) is 6.08 Å². The van der Waals surface area contributed by atoms with E-state index >= 15 is 0 Å². The second-order valence-electron chi connectivity index (χ2n) is 8.07. The third-order valence-electron chi connectivity index (χ3n) is 5.60. The highest BCUT2D eigenvalue weighted by atomic mass is 127. The van der Waals surface area contributed by atoms with Crippen LogP contribution in [-0.4, -0.2) is 41.2 Å². The van der Waals surface area contributed by atoms with Gasteiger partial charge in [-0.05, 0) is 100 Å². The average molecular weight is 649 g/mol. The fourth-order valence-corrected chi connectivity index (χ4v) is 5.47. The van der Waals surface area contributed by atoms with Crippen LogP contribution in [0.15, 0.2) is 64.5 Å². The van der Waals surface area contributed by atoms with Crippen LogP contribution < -0.4 is 9.47 Å². The smallest absolute Gasteiger partial charge is 0.336 e. The van der Waals surface area contributed by atoms with Gasteiger partial charge in [0.05, 0.1) is 26.8 Å². The molecule has 0 bridgehead atoms. The van der Waals surface area contributed by atoms with Gasteiger partial charge in [0.2, 0.25) is 0 Å². The van der Waals surface area contributed by atoms with E-state index < -0.39 is 5.97 Å². The number of aromatic carboxylic acids is 1. The number of benzene rings is 3. The van der Waals surface area contributed by atoms with Crippen molar-refractivity contribution in [3.8, 4) is 11.5 Å². The number of aliphatic imine (C=N–C) groups is 1. The number of carbonyl (C=O) groups excluding carboxylic acids is 1. The predicted octanol–water partition coefficient (Wildman–Crippen LogP) is 6.77. The van der Waals surface area contributed by atoms with Crippen molar-refractivity contribution < 1.29 is 24.2 Å². The number of hydrogen-bond acceptors (Lipinski definition) is 6. The Kier molecular flexibility index (Phi) is 8.46. The van der Waals surface area contributed by atoms with E-state index in [2.05, 4.69) is 27.6 Å². The summed E-state index contributed by atoms with van der Waals surface area (Å²) in [5.41, 5.74) is 2.96. The van der Waals surface area contributed by atoms with Gasteiger partial charge >= 0.3 is 5.97 Å². The van der Waals surface area contributed by atoms with Gasteiger partial charge in [0.1, 0.15) is 6.61 Å². The first-order valence-electron chi connectivity index (χ1n) is 11.0. The van der Waals surface area contributed by atoms with Crippen LogP contribution in [-0.2, 0) is 11.4 Å². The highest BCUT2D eigenvalue weighted by Crippen LogP contribution is 2.38. The number of halogens is 2. The molecular weight excluding hydrogens is 627 g/mol. The first-order valence-corrected chi connectivity index (χ1v) is 13.3. The van der Waals surface area contributed by atoms with E-state index in [1.54, 1.807) is 39.3 Å². The van der Waals surface area contributed by atoms with Crippen molar-refractivity contribution in [3.05, 3.63) is 90.3 Å². The summed E-state index contributed by atoms with van der Waals surface area (Å²) in [7, 11) is 3.21.